The van der Waals surface area contributed by atoms with Gasteiger partial charge in [-0.25, -0.2) is 0 Å². The summed E-state index contributed by atoms with van der Waals surface area (Å²) >= 11 is 5.85. The van der Waals surface area contributed by atoms with Crippen LogP contribution in [0.3, 0.4) is 0 Å². The number of halogens is 1. The maximum absolute atomic E-state index is 12.4. The van der Waals surface area contributed by atoms with Gasteiger partial charge in [-0.05, 0) is 24.2 Å². The number of rotatable bonds is 5. The van der Waals surface area contributed by atoms with Crippen molar-refractivity contribution in [2.45, 2.75) is 65.8 Å². The summed E-state index contributed by atoms with van der Waals surface area (Å²) in [5.41, 5.74) is 0.192. The molecule has 0 bridgehead atoms. The highest BCUT2D eigenvalue weighted by Gasteiger charge is 2.29. The van der Waals surface area contributed by atoms with Gasteiger partial charge in [-0.15, -0.1) is 11.6 Å². The Balaban J connectivity index is 2.59. The number of carbonyl (C=O) groups is 1. The van der Waals surface area contributed by atoms with Crippen LogP contribution < -0.4 is 0 Å². The van der Waals surface area contributed by atoms with Crippen LogP contribution in [0.1, 0.15) is 59.8 Å². The SMILES string of the molecule is CC(CC(=O)N(CCCl)C1CCCC1)C(C)(C)C. The van der Waals surface area contributed by atoms with Crippen molar-refractivity contribution in [2.24, 2.45) is 11.3 Å². The van der Waals surface area contributed by atoms with Crippen molar-refractivity contribution in [3.63, 3.8) is 0 Å². The smallest absolute Gasteiger partial charge is 0.223 e. The number of amides is 1. The third-order valence-electron chi connectivity index (χ3n) is 4.37. The van der Waals surface area contributed by atoms with Gasteiger partial charge >= 0.3 is 0 Å². The highest BCUT2D eigenvalue weighted by Crippen LogP contribution is 2.30. The Hall–Kier alpha value is -0.240. The van der Waals surface area contributed by atoms with Gasteiger partial charge in [-0.3, -0.25) is 4.79 Å². The second kappa shape index (κ2) is 6.79. The molecule has 1 saturated carbocycles. The number of carbonyl (C=O) groups excluding carboxylic acids is 1. The molecule has 0 aromatic carbocycles. The van der Waals surface area contributed by atoms with Crippen LogP contribution in [0, 0.1) is 11.3 Å². The Kier molecular flexibility index (Phi) is 5.97. The Morgan fingerprint density at radius 3 is 2.33 bits per heavy atom. The molecule has 3 heteroatoms. The summed E-state index contributed by atoms with van der Waals surface area (Å²) in [7, 11) is 0. The Labute approximate surface area is 117 Å². The van der Waals surface area contributed by atoms with Gasteiger partial charge in [0.15, 0.2) is 0 Å². The molecular formula is C15H28ClNO. The maximum Gasteiger partial charge on any atom is 0.223 e. The first kappa shape index (κ1) is 15.8. The molecule has 18 heavy (non-hydrogen) atoms. The highest BCUT2D eigenvalue weighted by molar-refractivity contribution is 6.18. The highest BCUT2D eigenvalue weighted by atomic mass is 35.5. The van der Waals surface area contributed by atoms with E-state index in [-0.39, 0.29) is 5.41 Å². The lowest BCUT2D eigenvalue weighted by Gasteiger charge is -2.32. The number of hydrogen-bond donors (Lipinski definition) is 0. The van der Waals surface area contributed by atoms with Crippen molar-refractivity contribution in [2.75, 3.05) is 12.4 Å². The van der Waals surface area contributed by atoms with Crippen LogP contribution in [0.2, 0.25) is 0 Å². The fourth-order valence-corrected chi connectivity index (χ4v) is 2.69. The minimum atomic E-state index is 0.192. The molecule has 0 spiro atoms. The quantitative estimate of drug-likeness (QED) is 0.692. The van der Waals surface area contributed by atoms with Crippen molar-refractivity contribution in [3.05, 3.63) is 0 Å². The molecule has 1 unspecified atom stereocenters. The normalized spacial score (nSPS) is 18.9. The van der Waals surface area contributed by atoms with E-state index in [1.165, 1.54) is 12.8 Å². The van der Waals surface area contributed by atoms with Crippen LogP contribution in [0.25, 0.3) is 0 Å². The fourth-order valence-electron chi connectivity index (χ4n) is 2.50. The van der Waals surface area contributed by atoms with E-state index in [2.05, 4.69) is 27.7 Å². The second-order valence-corrected chi connectivity index (χ2v) is 7.06. The largest absolute Gasteiger partial charge is 0.339 e. The van der Waals surface area contributed by atoms with E-state index in [9.17, 15) is 4.79 Å². The summed E-state index contributed by atoms with van der Waals surface area (Å²) in [5.74, 6) is 1.25. The van der Waals surface area contributed by atoms with Crippen LogP contribution >= 0.6 is 11.6 Å². The molecule has 1 fully saturated rings. The average molecular weight is 274 g/mol. The second-order valence-electron chi connectivity index (χ2n) is 6.69. The molecule has 1 atom stereocenters. The van der Waals surface area contributed by atoms with Crippen LogP contribution in [-0.2, 0) is 4.79 Å². The Morgan fingerprint density at radius 2 is 1.89 bits per heavy atom. The van der Waals surface area contributed by atoms with Crippen molar-refractivity contribution < 1.29 is 4.79 Å². The molecule has 0 aromatic rings. The average Bonchev–Trinajstić information content (AvgIpc) is 2.77. The zero-order valence-corrected chi connectivity index (χ0v) is 13.1. The molecule has 2 nitrogen and oxygen atoms in total. The maximum atomic E-state index is 12.4. The molecule has 1 aliphatic carbocycles. The molecule has 106 valence electrons. The number of nitrogens with zero attached hydrogens (tertiary/aromatic N) is 1. The predicted octanol–water partition coefficient (Wildman–Crippen LogP) is 4.07. The van der Waals surface area contributed by atoms with Crippen molar-refractivity contribution in [1.29, 1.82) is 0 Å². The third-order valence-corrected chi connectivity index (χ3v) is 4.54. The molecule has 1 amide bonds. The Bertz CT molecular complexity index is 266. The van der Waals surface area contributed by atoms with E-state index >= 15 is 0 Å². The molecule has 1 rings (SSSR count). The van der Waals surface area contributed by atoms with E-state index in [1.807, 2.05) is 4.90 Å². The molecule has 0 aliphatic heterocycles. The van der Waals surface area contributed by atoms with Gasteiger partial charge in [0.1, 0.15) is 0 Å². The van der Waals surface area contributed by atoms with Gasteiger partial charge < -0.3 is 4.90 Å². The summed E-state index contributed by atoms with van der Waals surface area (Å²) in [6.45, 7) is 9.48. The monoisotopic (exact) mass is 273 g/mol. The lowest BCUT2D eigenvalue weighted by atomic mass is 9.80. The summed E-state index contributed by atoms with van der Waals surface area (Å²) in [4.78, 5) is 14.5. The molecule has 0 heterocycles. The van der Waals surface area contributed by atoms with E-state index in [0.717, 1.165) is 12.8 Å². The Morgan fingerprint density at radius 1 is 1.33 bits per heavy atom. The molecule has 1 aliphatic rings. The van der Waals surface area contributed by atoms with Crippen LogP contribution in [-0.4, -0.2) is 29.3 Å². The summed E-state index contributed by atoms with van der Waals surface area (Å²) in [6.07, 6.45) is 5.48. The molecule has 0 aromatic heterocycles. The number of hydrogen-bond acceptors (Lipinski definition) is 1. The van der Waals surface area contributed by atoms with E-state index in [0.29, 0.717) is 36.7 Å². The van der Waals surface area contributed by atoms with Crippen molar-refractivity contribution >= 4 is 17.5 Å². The van der Waals surface area contributed by atoms with Crippen molar-refractivity contribution in [1.82, 2.24) is 4.90 Å². The summed E-state index contributed by atoms with van der Waals surface area (Å²) in [5, 5.41) is 0. The summed E-state index contributed by atoms with van der Waals surface area (Å²) in [6, 6.07) is 0.448. The first-order chi connectivity index (χ1) is 8.36. The van der Waals surface area contributed by atoms with E-state index in [1.54, 1.807) is 0 Å². The minimum Gasteiger partial charge on any atom is -0.339 e. The van der Waals surface area contributed by atoms with Crippen molar-refractivity contribution in [3.8, 4) is 0 Å². The van der Waals surface area contributed by atoms with Gasteiger partial charge in [0.25, 0.3) is 0 Å². The lowest BCUT2D eigenvalue weighted by molar-refractivity contribution is -0.134. The predicted molar refractivity (Wildman–Crippen MR) is 77.9 cm³/mol. The van der Waals surface area contributed by atoms with Crippen LogP contribution in [0.15, 0.2) is 0 Å². The first-order valence-corrected chi connectivity index (χ1v) is 7.75. The van der Waals surface area contributed by atoms with Crippen LogP contribution in [0.4, 0.5) is 0 Å². The zero-order valence-electron chi connectivity index (χ0n) is 12.3. The fraction of sp³-hybridized carbons (Fsp3) is 0.933. The molecule has 0 radical (unpaired) electrons. The van der Waals surface area contributed by atoms with Gasteiger partial charge in [0, 0.05) is 24.9 Å². The first-order valence-electron chi connectivity index (χ1n) is 7.21. The number of alkyl halides is 1. The summed E-state index contributed by atoms with van der Waals surface area (Å²) < 4.78 is 0. The van der Waals surface area contributed by atoms with Gasteiger partial charge in [-0.2, -0.15) is 0 Å². The standard InChI is InChI=1S/C15H28ClNO/c1-12(15(2,3)4)11-14(18)17(10-9-16)13-7-5-6-8-13/h12-13H,5-11H2,1-4H3. The molecule has 0 N–H and O–H groups in total. The van der Waals surface area contributed by atoms with Gasteiger partial charge in [-0.1, -0.05) is 40.5 Å². The van der Waals surface area contributed by atoms with E-state index < -0.39 is 0 Å². The topological polar surface area (TPSA) is 20.3 Å². The van der Waals surface area contributed by atoms with E-state index in [4.69, 9.17) is 11.6 Å². The van der Waals surface area contributed by atoms with Gasteiger partial charge in [0.05, 0.1) is 0 Å². The molecular weight excluding hydrogens is 246 g/mol. The minimum absolute atomic E-state index is 0.192. The third kappa shape index (κ3) is 4.46. The lowest BCUT2D eigenvalue weighted by Crippen LogP contribution is -2.41. The zero-order chi connectivity index (χ0) is 13.8. The van der Waals surface area contributed by atoms with Crippen LogP contribution in [0.5, 0.6) is 0 Å². The van der Waals surface area contributed by atoms with Gasteiger partial charge in [0.2, 0.25) is 5.91 Å². The molecule has 0 saturated heterocycles.